The number of benzene rings is 3. The van der Waals surface area contributed by atoms with Crippen LogP contribution >= 0.6 is 11.6 Å². The topological polar surface area (TPSA) is 148 Å². The molecule has 0 aliphatic carbocycles. The van der Waals surface area contributed by atoms with E-state index in [-0.39, 0.29) is 35.2 Å². The van der Waals surface area contributed by atoms with Crippen molar-refractivity contribution < 1.29 is 17.9 Å². The maximum absolute atomic E-state index is 13.3. The third-order valence-electron chi connectivity index (χ3n) is 5.06. The van der Waals surface area contributed by atoms with E-state index in [2.05, 4.69) is 25.3 Å². The molecular weight excluding hydrogens is 504 g/mol. The van der Waals surface area contributed by atoms with Crippen LogP contribution in [0.5, 0.6) is 5.75 Å². The van der Waals surface area contributed by atoms with Crippen LogP contribution in [-0.4, -0.2) is 44.5 Å². The smallest absolute Gasteiger partial charge is 0.263 e. The van der Waals surface area contributed by atoms with Crippen LogP contribution in [0.2, 0.25) is 5.02 Å². The monoisotopic (exact) mass is 526 g/mol. The third kappa shape index (κ3) is 5.65. The Labute approximate surface area is 212 Å². The molecule has 0 spiro atoms. The van der Waals surface area contributed by atoms with Crippen LogP contribution in [0.25, 0.3) is 11.0 Å². The number of carbonyl (C=O) groups is 1. The number of hydrogen-bond acceptors (Lipinski definition) is 8. The van der Waals surface area contributed by atoms with Gasteiger partial charge in [0.25, 0.3) is 15.9 Å². The predicted octanol–water partition coefficient (Wildman–Crippen LogP) is 3.52. The second kappa shape index (κ2) is 10.8. The second-order valence-corrected chi connectivity index (χ2v) is 9.65. The van der Waals surface area contributed by atoms with Gasteiger partial charge in [-0.1, -0.05) is 29.8 Å². The Balaban J connectivity index is 1.73. The molecule has 0 atom stereocenters. The number of amides is 1. The Bertz CT molecular complexity index is 1530. The summed E-state index contributed by atoms with van der Waals surface area (Å²) in [7, 11) is -2.63. The highest BCUT2D eigenvalue weighted by Gasteiger charge is 2.21. The highest BCUT2D eigenvalue weighted by Crippen LogP contribution is 2.32. The fraction of sp³-hybridized carbons (Fsp3) is 0.125. The summed E-state index contributed by atoms with van der Waals surface area (Å²) in [5.74, 6) is 0.190. The molecule has 4 aromatic rings. The average Bonchev–Trinajstić information content (AvgIpc) is 2.88. The quantitative estimate of drug-likeness (QED) is 0.259. The van der Waals surface area contributed by atoms with E-state index in [1.165, 1.54) is 31.4 Å². The van der Waals surface area contributed by atoms with Crippen LogP contribution in [0, 0.1) is 0 Å². The molecule has 0 radical (unpaired) electrons. The van der Waals surface area contributed by atoms with Gasteiger partial charge in [-0.3, -0.25) is 9.52 Å². The van der Waals surface area contributed by atoms with Crippen LogP contribution in [-0.2, 0) is 10.0 Å². The number of hydrogen-bond donors (Lipinski definition) is 4. The predicted molar refractivity (Wildman–Crippen MR) is 139 cm³/mol. The molecule has 1 amide bonds. The summed E-state index contributed by atoms with van der Waals surface area (Å²) in [6.07, 6.45) is 0. The van der Waals surface area contributed by atoms with Crippen molar-refractivity contribution in [3.8, 4) is 5.75 Å². The molecule has 10 nitrogen and oxygen atoms in total. The van der Waals surface area contributed by atoms with Gasteiger partial charge >= 0.3 is 0 Å². The van der Waals surface area contributed by atoms with E-state index in [9.17, 15) is 13.2 Å². The van der Waals surface area contributed by atoms with Crippen molar-refractivity contribution in [2.75, 3.05) is 30.2 Å². The molecular formula is C24H23ClN6O4S. The number of aromatic nitrogens is 2. The van der Waals surface area contributed by atoms with Gasteiger partial charge in [0.15, 0.2) is 11.6 Å². The summed E-state index contributed by atoms with van der Waals surface area (Å²) < 4.78 is 34.3. The molecule has 4 rings (SSSR count). The minimum absolute atomic E-state index is 0.0504. The highest BCUT2D eigenvalue weighted by molar-refractivity contribution is 7.92. The lowest BCUT2D eigenvalue weighted by atomic mass is 10.2. The molecule has 5 N–H and O–H groups in total. The first-order valence-electron chi connectivity index (χ1n) is 10.8. The van der Waals surface area contributed by atoms with Crippen molar-refractivity contribution in [3.05, 3.63) is 77.3 Å². The Morgan fingerprint density at radius 3 is 2.42 bits per heavy atom. The Hall–Kier alpha value is -3.93. The number of fused-ring (bicyclic) bond motifs is 1. The largest absolute Gasteiger partial charge is 0.497 e. The number of carbonyl (C=O) groups excluding carboxylic acids is 1. The van der Waals surface area contributed by atoms with E-state index in [1.54, 1.807) is 42.5 Å². The number of nitrogens with one attached hydrogen (secondary N) is 3. The van der Waals surface area contributed by atoms with E-state index in [4.69, 9.17) is 22.1 Å². The minimum atomic E-state index is -4.15. The van der Waals surface area contributed by atoms with Gasteiger partial charge in [0.05, 0.1) is 33.7 Å². The van der Waals surface area contributed by atoms with Gasteiger partial charge in [0.2, 0.25) is 0 Å². The van der Waals surface area contributed by atoms with Crippen molar-refractivity contribution in [3.63, 3.8) is 0 Å². The second-order valence-electron chi connectivity index (χ2n) is 7.56. The van der Waals surface area contributed by atoms with Crippen LogP contribution in [0.1, 0.15) is 10.4 Å². The van der Waals surface area contributed by atoms with Crippen LogP contribution in [0.15, 0.2) is 71.6 Å². The van der Waals surface area contributed by atoms with Gasteiger partial charge in [0, 0.05) is 24.7 Å². The van der Waals surface area contributed by atoms with E-state index >= 15 is 0 Å². The number of nitrogens with zero attached hydrogens (tertiary/aromatic N) is 2. The number of methoxy groups -OCH3 is 1. The summed E-state index contributed by atoms with van der Waals surface area (Å²) in [4.78, 5) is 21.2. The zero-order valence-corrected chi connectivity index (χ0v) is 20.7. The van der Waals surface area contributed by atoms with Gasteiger partial charge in [-0.25, -0.2) is 18.4 Å². The summed E-state index contributed by atoms with van der Waals surface area (Å²) in [5.41, 5.74) is 7.06. The molecule has 0 unspecified atom stereocenters. The summed E-state index contributed by atoms with van der Waals surface area (Å²) in [5, 5.41) is 6.03. The van der Waals surface area contributed by atoms with Crippen molar-refractivity contribution in [1.82, 2.24) is 15.3 Å². The van der Waals surface area contributed by atoms with Crippen molar-refractivity contribution >= 4 is 55.9 Å². The first-order valence-corrected chi connectivity index (χ1v) is 12.7. The normalized spacial score (nSPS) is 11.2. The van der Waals surface area contributed by atoms with Crippen LogP contribution < -0.4 is 25.8 Å². The maximum Gasteiger partial charge on any atom is 0.263 e. The molecule has 0 aliphatic rings. The van der Waals surface area contributed by atoms with Gasteiger partial charge in [-0.15, -0.1) is 0 Å². The molecule has 0 saturated carbocycles. The average molecular weight is 527 g/mol. The number of rotatable bonds is 9. The zero-order valence-electron chi connectivity index (χ0n) is 19.2. The van der Waals surface area contributed by atoms with Crippen molar-refractivity contribution in [2.24, 2.45) is 5.73 Å². The van der Waals surface area contributed by atoms with E-state index in [1.807, 2.05) is 0 Å². The molecule has 0 saturated heterocycles. The lowest BCUT2D eigenvalue weighted by Crippen LogP contribution is -2.29. The zero-order chi connectivity index (χ0) is 25.7. The molecule has 3 aromatic carbocycles. The molecule has 36 heavy (non-hydrogen) atoms. The standard InChI is InChI=1S/C24H23ClN6O4S/c1-35-16-9-10-18(25)21(14-16)30-22-23(29-20-8-3-2-7-19(20)28-22)31-36(33,34)17-6-4-5-15(13-17)24(32)27-12-11-26/h2-10,13-14H,11-12,26H2,1H3,(H,27,32)(H,28,30)(H,29,31). The number of sulfonamides is 1. The fourth-order valence-corrected chi connectivity index (χ4v) is 4.51. The molecule has 186 valence electrons. The highest BCUT2D eigenvalue weighted by atomic mass is 35.5. The fourth-order valence-electron chi connectivity index (χ4n) is 3.29. The van der Waals surface area contributed by atoms with Gasteiger partial charge in [-0.2, -0.15) is 0 Å². The molecule has 1 heterocycles. The van der Waals surface area contributed by atoms with E-state index < -0.39 is 15.9 Å². The van der Waals surface area contributed by atoms with Crippen LogP contribution in [0.3, 0.4) is 0 Å². The summed E-state index contributed by atoms with van der Waals surface area (Å²) in [6.45, 7) is 0.529. The number of nitrogens with two attached hydrogens (primary N) is 1. The van der Waals surface area contributed by atoms with Crippen LogP contribution in [0.4, 0.5) is 17.3 Å². The van der Waals surface area contributed by atoms with Gasteiger partial charge in [0.1, 0.15) is 5.75 Å². The van der Waals surface area contributed by atoms with Gasteiger partial charge < -0.3 is 21.1 Å². The number of anilines is 3. The SMILES string of the molecule is COc1ccc(Cl)c(Nc2nc3ccccc3nc2NS(=O)(=O)c2cccc(C(=O)NCCN)c2)c1. The first kappa shape index (κ1) is 25.2. The van der Waals surface area contributed by atoms with Crippen molar-refractivity contribution in [1.29, 1.82) is 0 Å². The lowest BCUT2D eigenvalue weighted by Gasteiger charge is -2.15. The molecule has 12 heteroatoms. The van der Waals surface area contributed by atoms with E-state index in [0.717, 1.165) is 0 Å². The van der Waals surface area contributed by atoms with Gasteiger partial charge in [-0.05, 0) is 42.5 Å². The summed E-state index contributed by atoms with van der Waals surface area (Å²) >= 11 is 6.34. The minimum Gasteiger partial charge on any atom is -0.497 e. The Morgan fingerprint density at radius 2 is 1.72 bits per heavy atom. The Kier molecular flexibility index (Phi) is 7.53. The number of ether oxygens (including phenoxy) is 1. The molecule has 0 aliphatic heterocycles. The maximum atomic E-state index is 13.3. The summed E-state index contributed by atoms with van der Waals surface area (Å²) in [6, 6.07) is 17.7. The van der Waals surface area contributed by atoms with E-state index in [0.29, 0.717) is 27.5 Å². The molecule has 1 aromatic heterocycles. The number of halogens is 1. The first-order chi connectivity index (χ1) is 17.3. The lowest BCUT2D eigenvalue weighted by molar-refractivity contribution is 0.0954. The number of para-hydroxylation sites is 2. The molecule has 0 bridgehead atoms. The molecule has 0 fully saturated rings. The Morgan fingerprint density at radius 1 is 1.00 bits per heavy atom. The third-order valence-corrected chi connectivity index (χ3v) is 6.73. The van der Waals surface area contributed by atoms with Crippen molar-refractivity contribution in [2.45, 2.75) is 4.90 Å².